The lowest BCUT2D eigenvalue weighted by Crippen LogP contribution is -2.28. The fourth-order valence-electron chi connectivity index (χ4n) is 4.03. The molecule has 0 amide bonds. The van der Waals surface area contributed by atoms with Gasteiger partial charge in [-0.25, -0.2) is 14.5 Å². The van der Waals surface area contributed by atoms with E-state index in [1.807, 2.05) is 19.2 Å². The Kier molecular flexibility index (Phi) is 5.60. The van der Waals surface area contributed by atoms with Gasteiger partial charge in [0, 0.05) is 42.7 Å². The molecule has 4 aromatic heterocycles. The minimum absolute atomic E-state index is 0.0197. The van der Waals surface area contributed by atoms with Crippen LogP contribution in [-0.4, -0.2) is 48.6 Å². The van der Waals surface area contributed by atoms with Crippen LogP contribution in [0.4, 0.5) is 24.8 Å². The van der Waals surface area contributed by atoms with Crippen molar-refractivity contribution in [2.24, 2.45) is 7.05 Å². The van der Waals surface area contributed by atoms with E-state index in [1.165, 1.54) is 13.0 Å². The maximum absolute atomic E-state index is 13.0. The van der Waals surface area contributed by atoms with Gasteiger partial charge in [0.25, 0.3) is 0 Å². The van der Waals surface area contributed by atoms with E-state index in [0.717, 1.165) is 36.2 Å². The zero-order chi connectivity index (χ0) is 23.9. The summed E-state index contributed by atoms with van der Waals surface area (Å²) in [5.41, 5.74) is 2.65. The third kappa shape index (κ3) is 4.53. The number of rotatable bonds is 6. The van der Waals surface area contributed by atoms with Crippen molar-refractivity contribution in [1.82, 2.24) is 34.7 Å². The summed E-state index contributed by atoms with van der Waals surface area (Å²) >= 11 is 0. The average molecular weight is 472 g/mol. The number of nitrogens with zero attached hydrogens (tertiary/aromatic N) is 6. The van der Waals surface area contributed by atoms with Gasteiger partial charge in [0.05, 0.1) is 11.7 Å². The first-order valence-corrected chi connectivity index (χ1v) is 10.8. The van der Waals surface area contributed by atoms with Gasteiger partial charge >= 0.3 is 6.18 Å². The molecule has 0 aromatic carbocycles. The number of ether oxygens (including phenoxy) is 1. The van der Waals surface area contributed by atoms with Crippen molar-refractivity contribution in [3.05, 3.63) is 48.2 Å². The number of aryl methyl sites for hydroxylation is 2. The molecule has 12 heteroatoms. The lowest BCUT2D eigenvalue weighted by atomic mass is 10.1. The van der Waals surface area contributed by atoms with Gasteiger partial charge in [0.1, 0.15) is 18.1 Å². The molecule has 1 aliphatic heterocycles. The van der Waals surface area contributed by atoms with Crippen LogP contribution in [0.1, 0.15) is 24.4 Å². The Morgan fingerprint density at radius 3 is 2.82 bits per heavy atom. The number of aromatic nitrogens is 6. The van der Waals surface area contributed by atoms with Gasteiger partial charge in [-0.1, -0.05) is 0 Å². The van der Waals surface area contributed by atoms with E-state index < -0.39 is 12.0 Å². The highest BCUT2D eigenvalue weighted by atomic mass is 19.4. The van der Waals surface area contributed by atoms with Crippen molar-refractivity contribution in [2.75, 3.05) is 18.5 Å². The molecular formula is C22H23F3N8O. The van der Waals surface area contributed by atoms with Crippen molar-refractivity contribution in [1.29, 1.82) is 0 Å². The number of fused-ring (bicyclic) bond motifs is 1. The molecule has 0 radical (unpaired) electrons. The largest absolute Gasteiger partial charge is 0.488 e. The number of pyridine rings is 1. The zero-order valence-corrected chi connectivity index (χ0v) is 18.6. The molecule has 4 aromatic rings. The van der Waals surface area contributed by atoms with Gasteiger partial charge in [-0.2, -0.15) is 23.4 Å². The molecule has 1 fully saturated rings. The normalized spacial score (nSPS) is 16.3. The van der Waals surface area contributed by atoms with Crippen molar-refractivity contribution >= 4 is 17.2 Å². The van der Waals surface area contributed by atoms with Crippen LogP contribution in [0.2, 0.25) is 0 Å². The minimum Gasteiger partial charge on any atom is -0.488 e. The van der Waals surface area contributed by atoms with Gasteiger partial charge in [0.15, 0.2) is 11.6 Å². The summed E-state index contributed by atoms with van der Waals surface area (Å²) in [7, 11) is 1.85. The summed E-state index contributed by atoms with van der Waals surface area (Å²) in [6.45, 7) is 3.06. The van der Waals surface area contributed by atoms with Crippen LogP contribution in [0, 0.1) is 6.92 Å². The second-order valence-electron chi connectivity index (χ2n) is 8.24. The quantitative estimate of drug-likeness (QED) is 0.442. The Morgan fingerprint density at radius 1 is 1.21 bits per heavy atom. The third-order valence-electron chi connectivity index (χ3n) is 5.61. The molecule has 0 saturated carbocycles. The molecule has 9 nitrogen and oxygen atoms in total. The zero-order valence-electron chi connectivity index (χ0n) is 18.6. The van der Waals surface area contributed by atoms with E-state index in [9.17, 15) is 13.2 Å². The SMILES string of the molecule is Cc1cc(Nc2cc3cc(-c4c(OCC5CCCN5)cnn4C)ccn3n2)nc(C(F)(F)F)n1. The van der Waals surface area contributed by atoms with E-state index in [2.05, 4.69) is 30.8 Å². The van der Waals surface area contributed by atoms with Crippen LogP contribution >= 0.6 is 0 Å². The molecule has 0 bridgehead atoms. The smallest absolute Gasteiger partial charge is 0.451 e. The second-order valence-corrected chi connectivity index (χ2v) is 8.24. The van der Waals surface area contributed by atoms with Crippen molar-refractivity contribution in [2.45, 2.75) is 32.0 Å². The van der Waals surface area contributed by atoms with Gasteiger partial charge < -0.3 is 15.4 Å². The van der Waals surface area contributed by atoms with Crippen molar-refractivity contribution in [3.63, 3.8) is 0 Å². The number of nitrogens with one attached hydrogen (secondary N) is 2. The lowest BCUT2D eigenvalue weighted by molar-refractivity contribution is -0.145. The van der Waals surface area contributed by atoms with Gasteiger partial charge in [-0.3, -0.25) is 4.68 Å². The van der Waals surface area contributed by atoms with Crippen molar-refractivity contribution < 1.29 is 17.9 Å². The van der Waals surface area contributed by atoms with Crippen molar-refractivity contribution in [3.8, 4) is 17.0 Å². The Labute approximate surface area is 193 Å². The highest BCUT2D eigenvalue weighted by molar-refractivity contribution is 5.72. The van der Waals surface area contributed by atoms with Crippen LogP contribution in [0.5, 0.6) is 5.75 Å². The van der Waals surface area contributed by atoms with Crippen LogP contribution in [-0.2, 0) is 13.2 Å². The highest BCUT2D eigenvalue weighted by Crippen LogP contribution is 2.31. The first kappa shape index (κ1) is 22.1. The minimum atomic E-state index is -4.63. The van der Waals surface area contributed by atoms with Crippen LogP contribution in [0.15, 0.2) is 36.7 Å². The third-order valence-corrected chi connectivity index (χ3v) is 5.61. The molecule has 0 aliphatic carbocycles. The van der Waals surface area contributed by atoms with Crippen LogP contribution in [0.3, 0.4) is 0 Å². The summed E-state index contributed by atoms with van der Waals surface area (Å²) in [5, 5.41) is 15.0. The van der Waals surface area contributed by atoms with E-state index in [4.69, 9.17) is 4.74 Å². The van der Waals surface area contributed by atoms with E-state index >= 15 is 0 Å². The molecule has 0 spiro atoms. The molecule has 1 atom stereocenters. The molecular weight excluding hydrogens is 449 g/mol. The number of hydrogen-bond donors (Lipinski definition) is 2. The van der Waals surface area contributed by atoms with Gasteiger partial charge in [-0.05, 0) is 38.4 Å². The monoisotopic (exact) mass is 472 g/mol. The number of anilines is 2. The summed E-state index contributed by atoms with van der Waals surface area (Å²) in [4.78, 5) is 7.04. The summed E-state index contributed by atoms with van der Waals surface area (Å²) in [6.07, 6.45) is 1.08. The molecule has 5 heterocycles. The van der Waals surface area contributed by atoms with Crippen LogP contribution < -0.4 is 15.4 Å². The molecule has 1 aliphatic rings. The molecule has 2 N–H and O–H groups in total. The predicted octanol–water partition coefficient (Wildman–Crippen LogP) is 3.73. The maximum atomic E-state index is 13.0. The number of hydrogen-bond acceptors (Lipinski definition) is 7. The fraction of sp³-hybridized carbons (Fsp3) is 0.364. The number of halogens is 3. The lowest BCUT2D eigenvalue weighted by Gasteiger charge is -2.13. The topological polar surface area (TPSA) is 94.2 Å². The second kappa shape index (κ2) is 8.60. The Balaban J connectivity index is 1.40. The molecule has 1 unspecified atom stereocenters. The Hall–Kier alpha value is -3.67. The first-order chi connectivity index (χ1) is 16.3. The highest BCUT2D eigenvalue weighted by Gasteiger charge is 2.35. The van der Waals surface area contributed by atoms with E-state index in [-0.39, 0.29) is 11.5 Å². The summed E-state index contributed by atoms with van der Waals surface area (Å²) in [6, 6.07) is 7.30. The Morgan fingerprint density at radius 2 is 2.06 bits per heavy atom. The fourth-order valence-corrected chi connectivity index (χ4v) is 4.03. The van der Waals surface area contributed by atoms with Gasteiger partial charge in [-0.15, -0.1) is 0 Å². The number of alkyl halides is 3. The standard InChI is InChI=1S/C22H23F3N8O/c1-13-8-18(30-21(28-13)22(23,24)25)29-19-10-16-9-14(5-7-33(16)31-19)20-17(11-27-32(20)2)34-12-15-4-3-6-26-15/h5,7-11,15,26H,3-4,6,12H2,1-2H3,(H,28,29,30,31). The average Bonchev–Trinajstić information content (AvgIpc) is 3.50. The molecule has 34 heavy (non-hydrogen) atoms. The van der Waals surface area contributed by atoms with Crippen LogP contribution in [0.25, 0.3) is 16.8 Å². The maximum Gasteiger partial charge on any atom is 0.451 e. The predicted molar refractivity (Wildman–Crippen MR) is 119 cm³/mol. The molecule has 1 saturated heterocycles. The molecule has 178 valence electrons. The molecule has 5 rings (SSSR count). The summed E-state index contributed by atoms with van der Waals surface area (Å²) < 4.78 is 48.6. The van der Waals surface area contributed by atoms with E-state index in [0.29, 0.717) is 24.2 Å². The first-order valence-electron chi connectivity index (χ1n) is 10.8. The Bertz CT molecular complexity index is 1320. The van der Waals surface area contributed by atoms with E-state index in [1.54, 1.807) is 27.7 Å². The summed E-state index contributed by atoms with van der Waals surface area (Å²) in [5.74, 6) is -0.129. The van der Waals surface area contributed by atoms with Gasteiger partial charge in [0.2, 0.25) is 5.82 Å².